The van der Waals surface area contributed by atoms with Gasteiger partial charge in [-0.15, -0.1) is 6.42 Å². The number of terminal acetylenes is 1. The molecular weight excluding hydrogens is 917 g/mol. The van der Waals surface area contributed by atoms with Crippen LogP contribution >= 0.6 is 0 Å². The van der Waals surface area contributed by atoms with Gasteiger partial charge in [0.05, 0.1) is 67.5 Å². The Kier molecular flexibility index (Phi) is 13.5. The molecule has 2 aromatic heterocycles. The van der Waals surface area contributed by atoms with Crippen molar-refractivity contribution in [3.05, 3.63) is 77.5 Å². The van der Waals surface area contributed by atoms with Gasteiger partial charge in [0, 0.05) is 29.5 Å². The molecule has 5 aliphatic heterocycles. The first-order chi connectivity index (χ1) is 34.7. The Morgan fingerprint density at radius 1 is 0.806 bits per heavy atom. The van der Waals surface area contributed by atoms with Gasteiger partial charge in [0.25, 0.3) is 0 Å². The maximum atomic E-state index is 14.6. The highest BCUT2D eigenvalue weighted by atomic mass is 16.5. The number of imidazole rings is 2. The van der Waals surface area contributed by atoms with Gasteiger partial charge in [0.15, 0.2) is 0 Å². The summed E-state index contributed by atoms with van der Waals surface area (Å²) in [7, 11) is 2.59. The average Bonchev–Trinajstić information content (AvgIpc) is 4.20. The molecule has 4 amide bonds. The molecule has 0 unspecified atom stereocenters. The summed E-state index contributed by atoms with van der Waals surface area (Å²) in [6, 6.07) is 12.1. The van der Waals surface area contributed by atoms with Crippen LogP contribution in [0.4, 0.5) is 9.59 Å². The minimum atomic E-state index is -0.971. The van der Waals surface area contributed by atoms with E-state index < -0.39 is 30.4 Å². The number of aromatic amines is 2. The third-order valence-electron chi connectivity index (χ3n) is 15.4. The van der Waals surface area contributed by atoms with E-state index in [1.165, 1.54) is 14.2 Å². The van der Waals surface area contributed by atoms with E-state index in [1.807, 2.05) is 55.8 Å². The maximum absolute atomic E-state index is 14.6. The number of aromatic nitrogens is 4. The zero-order valence-corrected chi connectivity index (χ0v) is 42.0. The number of benzene rings is 3. The second kappa shape index (κ2) is 20.0. The van der Waals surface area contributed by atoms with Gasteiger partial charge in [-0.3, -0.25) is 9.59 Å². The highest BCUT2D eigenvalue weighted by Crippen LogP contribution is 2.44. The molecule has 5 aliphatic rings. The molecule has 378 valence electrons. The number of nitrogens with one attached hydrogen (secondary N) is 4. The Morgan fingerprint density at radius 3 is 2.24 bits per heavy atom. The predicted molar refractivity (Wildman–Crippen MR) is 269 cm³/mol. The first kappa shape index (κ1) is 48.7. The molecule has 4 N–H and O–H groups in total. The van der Waals surface area contributed by atoms with Crippen LogP contribution in [-0.2, 0) is 35.1 Å². The van der Waals surface area contributed by atoms with Gasteiger partial charge >= 0.3 is 12.2 Å². The largest absolute Gasteiger partial charge is 0.488 e. The maximum Gasteiger partial charge on any atom is 0.407 e. The molecule has 72 heavy (non-hydrogen) atoms. The second-order valence-electron chi connectivity index (χ2n) is 20.4. The molecular formula is C55H64N8O9. The highest BCUT2D eigenvalue weighted by Gasteiger charge is 2.45. The van der Waals surface area contributed by atoms with Gasteiger partial charge in [-0.2, -0.15) is 0 Å². The smallest absolute Gasteiger partial charge is 0.407 e. The summed E-state index contributed by atoms with van der Waals surface area (Å²) < 4.78 is 28.3. The van der Waals surface area contributed by atoms with Crippen molar-refractivity contribution in [1.82, 2.24) is 40.4 Å². The molecule has 0 radical (unpaired) electrons. The molecule has 0 saturated carbocycles. The lowest BCUT2D eigenvalue weighted by atomic mass is 9.85. The summed E-state index contributed by atoms with van der Waals surface area (Å²) in [5.41, 5.74) is 7.40. The number of likely N-dealkylation sites (tertiary alicyclic amines) is 2. The number of hydrogen-bond acceptors (Lipinski definition) is 11. The minimum absolute atomic E-state index is 0.0379. The first-order valence-corrected chi connectivity index (χ1v) is 25.3. The van der Waals surface area contributed by atoms with Gasteiger partial charge < -0.3 is 54.1 Å². The number of hydrogen-bond donors (Lipinski definition) is 4. The van der Waals surface area contributed by atoms with E-state index in [2.05, 4.69) is 69.8 Å². The normalized spacial score (nSPS) is 27.4. The van der Waals surface area contributed by atoms with Crippen molar-refractivity contribution in [2.75, 3.05) is 14.2 Å². The molecule has 4 fully saturated rings. The molecule has 17 heteroatoms. The Labute approximate surface area is 419 Å². The number of carbonyl (C=O) groups excluding carboxylic acids is 4. The summed E-state index contributed by atoms with van der Waals surface area (Å²) in [6.07, 6.45) is 12.8. The van der Waals surface area contributed by atoms with Crippen LogP contribution in [0.5, 0.6) is 5.75 Å². The molecule has 0 spiro atoms. The lowest BCUT2D eigenvalue weighted by Gasteiger charge is -2.39. The SMILES string of the molecule is C#C[C@@H]1C/C(=C\[C@H](NC(=O)OC)C(=O)N2[C@@H](C)CC[C@H]2c2nc3c(ccc4cc5c(cc43)OCc3cc(-c4cnc([C@@H]6CC[C@H](C)N6C(=O)[C@@H](NC(=O)OC)C6C[C@@H](C)O[C@H](C)C6)[nH]4)ccc3-5)[nH]2)C[C@@H](C)O1. The summed E-state index contributed by atoms with van der Waals surface area (Å²) in [4.78, 5) is 75.1. The van der Waals surface area contributed by atoms with Crippen molar-refractivity contribution >= 4 is 45.8 Å². The van der Waals surface area contributed by atoms with E-state index in [0.717, 1.165) is 80.3 Å². The van der Waals surface area contributed by atoms with Crippen LogP contribution in [0.2, 0.25) is 0 Å². The van der Waals surface area contributed by atoms with E-state index in [0.29, 0.717) is 50.4 Å². The van der Waals surface area contributed by atoms with Crippen molar-refractivity contribution in [2.45, 2.75) is 153 Å². The quantitative estimate of drug-likeness (QED) is 0.0814. The number of carbonyl (C=O) groups is 4. The van der Waals surface area contributed by atoms with Gasteiger partial charge in [0.1, 0.15) is 42.2 Å². The number of alkyl carbamates (subject to hydrolysis) is 2. The molecule has 0 bridgehead atoms. The standard InChI is InChI=1S/C55H64N8O9/c1-9-38-21-33(18-30(4)72-38)22-43(59-54(66)68-7)52(64)62-28(2)11-17-46(62)51-57-42-15-13-34-24-41-39-14-12-35(23-37(39)27-70-47(41)25-40(34)49(42)60-51)44-26-56-50(58-44)45-16-10-29(3)63(45)53(65)48(61-55(67)69-8)36-19-31(5)71-32(6)20-36/h1,12-15,22-26,28-32,36,38,43,45-46,48H,10-11,16-21,27H2,2-8H3,(H,56,58)(H,57,60)(H,59,66)(H,61,67)/b33-22-/t28-,29-,30+,31+,32+,38+,43-,45-,46-,48-/m0/s1. The lowest BCUT2D eigenvalue weighted by Crippen LogP contribution is -2.55. The fraction of sp³-hybridized carbons (Fsp3) is 0.491. The summed E-state index contributed by atoms with van der Waals surface area (Å²) in [5.74, 6) is 4.30. The zero-order valence-electron chi connectivity index (χ0n) is 42.0. The molecule has 4 saturated heterocycles. The van der Waals surface area contributed by atoms with Gasteiger partial charge in [-0.1, -0.05) is 35.8 Å². The fourth-order valence-corrected chi connectivity index (χ4v) is 12.0. The second-order valence-corrected chi connectivity index (χ2v) is 20.4. The number of ether oxygens (including phenoxy) is 5. The van der Waals surface area contributed by atoms with Crippen LogP contribution in [-0.4, -0.2) is 117 Å². The molecule has 3 aromatic carbocycles. The first-order valence-electron chi connectivity index (χ1n) is 25.3. The monoisotopic (exact) mass is 980 g/mol. The number of methoxy groups -OCH3 is 2. The third kappa shape index (κ3) is 9.38. The zero-order chi connectivity index (χ0) is 50.5. The van der Waals surface area contributed by atoms with Crippen molar-refractivity contribution in [3.63, 3.8) is 0 Å². The van der Waals surface area contributed by atoms with Crippen molar-refractivity contribution < 1.29 is 42.9 Å². The van der Waals surface area contributed by atoms with E-state index in [4.69, 9.17) is 40.1 Å². The van der Waals surface area contributed by atoms with Crippen LogP contribution in [0, 0.1) is 18.3 Å². The van der Waals surface area contributed by atoms with E-state index in [1.54, 1.807) is 0 Å². The molecule has 17 nitrogen and oxygen atoms in total. The topological polar surface area (TPSA) is 202 Å². The van der Waals surface area contributed by atoms with E-state index in [9.17, 15) is 19.2 Å². The van der Waals surface area contributed by atoms with Crippen molar-refractivity contribution in [1.29, 1.82) is 0 Å². The van der Waals surface area contributed by atoms with Crippen LogP contribution in [0.3, 0.4) is 0 Å². The average molecular weight is 981 g/mol. The molecule has 0 aliphatic carbocycles. The molecule has 10 rings (SSSR count). The Hall–Kier alpha value is -6.90. The summed E-state index contributed by atoms with van der Waals surface area (Å²) in [5, 5.41) is 7.57. The fourth-order valence-electron chi connectivity index (χ4n) is 12.0. The number of fused-ring (bicyclic) bond motifs is 6. The number of H-pyrrole nitrogens is 2. The number of amides is 4. The van der Waals surface area contributed by atoms with E-state index in [-0.39, 0.29) is 60.2 Å². The van der Waals surface area contributed by atoms with Crippen LogP contribution in [0.1, 0.15) is 115 Å². The Morgan fingerprint density at radius 2 is 1.51 bits per heavy atom. The van der Waals surface area contributed by atoms with Crippen molar-refractivity contribution in [3.8, 4) is 40.5 Å². The minimum Gasteiger partial charge on any atom is -0.488 e. The van der Waals surface area contributed by atoms with Crippen LogP contribution in [0.25, 0.3) is 44.2 Å². The molecule has 5 aromatic rings. The third-order valence-corrected chi connectivity index (χ3v) is 15.4. The Bertz CT molecular complexity index is 2980. The van der Waals surface area contributed by atoms with Crippen molar-refractivity contribution in [2.24, 2.45) is 5.92 Å². The van der Waals surface area contributed by atoms with E-state index >= 15 is 0 Å². The van der Waals surface area contributed by atoms with Gasteiger partial charge in [-0.05, 0) is 132 Å². The predicted octanol–water partition coefficient (Wildman–Crippen LogP) is 8.55. The number of nitrogens with zero attached hydrogens (tertiary/aromatic N) is 4. The lowest BCUT2D eigenvalue weighted by molar-refractivity contribution is -0.140. The Balaban J connectivity index is 0.890. The molecule has 10 atom stereocenters. The summed E-state index contributed by atoms with van der Waals surface area (Å²) >= 11 is 0. The molecule has 7 heterocycles. The van der Waals surface area contributed by atoms with Crippen LogP contribution in [0.15, 0.2) is 60.3 Å². The van der Waals surface area contributed by atoms with Crippen LogP contribution < -0.4 is 15.4 Å². The highest BCUT2D eigenvalue weighted by molar-refractivity contribution is 6.07. The number of rotatable bonds is 9. The van der Waals surface area contributed by atoms with Gasteiger partial charge in [0.2, 0.25) is 11.8 Å². The summed E-state index contributed by atoms with van der Waals surface area (Å²) in [6.45, 7) is 10.4. The van der Waals surface area contributed by atoms with Gasteiger partial charge in [-0.25, -0.2) is 19.6 Å².